The van der Waals surface area contributed by atoms with Crippen molar-refractivity contribution in [3.8, 4) is 5.75 Å². The van der Waals surface area contributed by atoms with Crippen molar-refractivity contribution < 1.29 is 9.53 Å². The number of nitrogens with zero attached hydrogens (tertiary/aromatic N) is 2. The van der Waals surface area contributed by atoms with Crippen LogP contribution in [0.15, 0.2) is 64.8 Å². The van der Waals surface area contributed by atoms with E-state index >= 15 is 0 Å². The molecule has 6 heteroatoms. The number of hydrogen-bond acceptors (Lipinski definition) is 5. The lowest BCUT2D eigenvalue weighted by molar-refractivity contribution is -0.118. The Morgan fingerprint density at radius 3 is 2.62 bits per heavy atom. The third-order valence-electron chi connectivity index (χ3n) is 3.51. The maximum absolute atomic E-state index is 12.1. The van der Waals surface area contributed by atoms with Gasteiger partial charge >= 0.3 is 0 Å². The van der Waals surface area contributed by atoms with Gasteiger partial charge in [-0.3, -0.25) is 4.79 Å². The Balaban J connectivity index is 1.60. The van der Waals surface area contributed by atoms with Crippen LogP contribution < -0.4 is 10.1 Å². The standard InChI is InChI=1S/C18H17N3O2S/c1-23-15-9-7-13(8-10-15)11-16-17(22)20-18(24-16)21-19-12-14-5-3-2-4-6-14/h2-10,12,16H,11H2,1H3,(H,20,21,22)/b19-12-/t16-/m1/s1. The number of amides is 1. The summed E-state index contributed by atoms with van der Waals surface area (Å²) in [6.45, 7) is 0. The van der Waals surface area contributed by atoms with Gasteiger partial charge in [0.25, 0.3) is 0 Å². The first-order valence-corrected chi connectivity index (χ1v) is 8.39. The topological polar surface area (TPSA) is 63.1 Å². The Morgan fingerprint density at radius 1 is 1.17 bits per heavy atom. The van der Waals surface area contributed by atoms with Gasteiger partial charge in [-0.05, 0) is 29.7 Å². The zero-order chi connectivity index (χ0) is 16.8. The average molecular weight is 339 g/mol. The molecule has 0 aliphatic carbocycles. The molecule has 1 fully saturated rings. The smallest absolute Gasteiger partial charge is 0.239 e. The van der Waals surface area contributed by atoms with Gasteiger partial charge in [-0.25, -0.2) is 0 Å². The molecule has 5 nitrogen and oxygen atoms in total. The zero-order valence-corrected chi connectivity index (χ0v) is 14.0. The van der Waals surface area contributed by atoms with Crippen molar-refractivity contribution in [2.24, 2.45) is 10.2 Å². The molecule has 0 radical (unpaired) electrons. The second-order valence-corrected chi connectivity index (χ2v) is 6.40. The predicted octanol–water partition coefficient (Wildman–Crippen LogP) is 2.86. The predicted molar refractivity (Wildman–Crippen MR) is 97.7 cm³/mol. The van der Waals surface area contributed by atoms with Crippen LogP contribution in [0.1, 0.15) is 11.1 Å². The SMILES string of the molecule is COc1ccc(C[C@H]2S/C(=N/N=C\c3ccccc3)NC2=O)cc1. The average Bonchev–Trinajstić information content (AvgIpc) is 2.96. The summed E-state index contributed by atoms with van der Waals surface area (Å²) in [7, 11) is 1.63. The van der Waals surface area contributed by atoms with Gasteiger partial charge < -0.3 is 10.1 Å². The van der Waals surface area contributed by atoms with Crippen molar-refractivity contribution in [1.29, 1.82) is 0 Å². The molecule has 1 heterocycles. The molecule has 0 saturated carbocycles. The summed E-state index contributed by atoms with van der Waals surface area (Å²) in [6, 6.07) is 17.4. The van der Waals surface area contributed by atoms with Gasteiger partial charge in [0, 0.05) is 0 Å². The van der Waals surface area contributed by atoms with Crippen molar-refractivity contribution in [3.05, 3.63) is 65.7 Å². The van der Waals surface area contributed by atoms with E-state index in [0.29, 0.717) is 11.6 Å². The number of carbonyl (C=O) groups excluding carboxylic acids is 1. The highest BCUT2D eigenvalue weighted by Crippen LogP contribution is 2.24. The molecule has 3 rings (SSSR count). The van der Waals surface area contributed by atoms with Gasteiger partial charge in [0.2, 0.25) is 5.91 Å². The first kappa shape index (κ1) is 16.3. The summed E-state index contributed by atoms with van der Waals surface area (Å²) in [5.74, 6) is 0.768. The molecule has 2 aromatic carbocycles. The van der Waals surface area contributed by atoms with Crippen molar-refractivity contribution >= 4 is 29.1 Å². The fourth-order valence-electron chi connectivity index (χ4n) is 2.25. The number of thioether (sulfide) groups is 1. The molecule has 1 atom stereocenters. The van der Waals surface area contributed by atoms with Crippen LogP contribution in [0, 0.1) is 0 Å². The van der Waals surface area contributed by atoms with E-state index in [1.165, 1.54) is 11.8 Å². The molecule has 0 aromatic heterocycles. The highest BCUT2D eigenvalue weighted by molar-refractivity contribution is 8.15. The van der Waals surface area contributed by atoms with E-state index in [9.17, 15) is 4.79 Å². The van der Waals surface area contributed by atoms with Crippen molar-refractivity contribution in [3.63, 3.8) is 0 Å². The molecule has 0 spiro atoms. The summed E-state index contributed by atoms with van der Waals surface area (Å²) >= 11 is 1.40. The van der Waals surface area contributed by atoms with Gasteiger partial charge in [0.1, 0.15) is 5.75 Å². The van der Waals surface area contributed by atoms with E-state index in [-0.39, 0.29) is 11.2 Å². The molecule has 0 unspecified atom stereocenters. The minimum atomic E-state index is -0.191. The molecule has 1 N–H and O–H groups in total. The maximum atomic E-state index is 12.1. The minimum Gasteiger partial charge on any atom is -0.497 e. The Kier molecular flexibility index (Phi) is 5.28. The third-order valence-corrected chi connectivity index (χ3v) is 4.58. The zero-order valence-electron chi connectivity index (χ0n) is 13.2. The molecule has 1 saturated heterocycles. The van der Waals surface area contributed by atoms with E-state index in [1.807, 2.05) is 54.6 Å². The molecule has 1 aliphatic rings. The van der Waals surface area contributed by atoms with E-state index in [2.05, 4.69) is 15.5 Å². The Morgan fingerprint density at radius 2 is 1.92 bits per heavy atom. The lowest BCUT2D eigenvalue weighted by Crippen LogP contribution is -2.25. The lowest BCUT2D eigenvalue weighted by atomic mass is 10.1. The number of amidine groups is 1. The van der Waals surface area contributed by atoms with Crippen molar-refractivity contribution in [2.75, 3.05) is 7.11 Å². The molecule has 1 aliphatic heterocycles. The number of rotatable bonds is 5. The first-order valence-electron chi connectivity index (χ1n) is 7.51. The maximum Gasteiger partial charge on any atom is 0.239 e. The number of benzene rings is 2. The quantitative estimate of drug-likeness (QED) is 0.673. The molecular formula is C18H17N3O2S. The first-order chi connectivity index (χ1) is 11.7. The fourth-order valence-corrected chi connectivity index (χ4v) is 3.21. The lowest BCUT2D eigenvalue weighted by Gasteiger charge is -2.06. The summed E-state index contributed by atoms with van der Waals surface area (Å²) in [6.07, 6.45) is 2.30. The molecule has 1 amide bonds. The Bertz CT molecular complexity index is 758. The minimum absolute atomic E-state index is 0.0375. The van der Waals surface area contributed by atoms with Crippen LogP contribution in [0.25, 0.3) is 0 Å². The molecule has 0 bridgehead atoms. The van der Waals surface area contributed by atoms with Crippen molar-refractivity contribution in [1.82, 2.24) is 5.32 Å². The fraction of sp³-hybridized carbons (Fsp3) is 0.167. The highest BCUT2D eigenvalue weighted by Gasteiger charge is 2.30. The van der Waals surface area contributed by atoms with Crippen LogP contribution >= 0.6 is 11.8 Å². The van der Waals surface area contributed by atoms with Gasteiger partial charge in [0.05, 0.1) is 18.6 Å². The third kappa shape index (κ3) is 4.23. The summed E-state index contributed by atoms with van der Waals surface area (Å²) in [5.41, 5.74) is 2.04. The van der Waals surface area contributed by atoms with Gasteiger partial charge in [-0.2, -0.15) is 5.10 Å². The van der Waals surface area contributed by atoms with Crippen LogP contribution in [0.3, 0.4) is 0 Å². The van der Waals surface area contributed by atoms with Crippen LogP contribution in [0.2, 0.25) is 0 Å². The van der Waals surface area contributed by atoms with E-state index in [0.717, 1.165) is 16.9 Å². The van der Waals surface area contributed by atoms with Gasteiger partial charge in [-0.15, -0.1) is 5.10 Å². The second-order valence-electron chi connectivity index (χ2n) is 5.21. The second kappa shape index (κ2) is 7.79. The molecular weight excluding hydrogens is 322 g/mol. The summed E-state index contributed by atoms with van der Waals surface area (Å²) in [5, 5.41) is 11.2. The van der Waals surface area contributed by atoms with Crippen LogP contribution in [-0.4, -0.2) is 29.6 Å². The highest BCUT2D eigenvalue weighted by atomic mass is 32.2. The number of methoxy groups -OCH3 is 1. The largest absolute Gasteiger partial charge is 0.497 e. The number of ether oxygens (including phenoxy) is 1. The molecule has 2 aromatic rings. The van der Waals surface area contributed by atoms with E-state index in [1.54, 1.807) is 13.3 Å². The van der Waals surface area contributed by atoms with Gasteiger partial charge in [-0.1, -0.05) is 54.2 Å². The number of carbonyl (C=O) groups is 1. The molecule has 122 valence electrons. The summed E-state index contributed by atoms with van der Waals surface area (Å²) < 4.78 is 5.14. The van der Waals surface area contributed by atoms with E-state index < -0.39 is 0 Å². The van der Waals surface area contributed by atoms with Crippen molar-refractivity contribution in [2.45, 2.75) is 11.7 Å². The van der Waals surface area contributed by atoms with Gasteiger partial charge in [0.15, 0.2) is 5.17 Å². The summed E-state index contributed by atoms with van der Waals surface area (Å²) in [4.78, 5) is 12.1. The number of hydrogen-bond donors (Lipinski definition) is 1. The number of nitrogens with one attached hydrogen (secondary N) is 1. The molecule has 24 heavy (non-hydrogen) atoms. The monoisotopic (exact) mass is 339 g/mol. The van der Waals surface area contributed by atoms with E-state index in [4.69, 9.17) is 4.74 Å². The van der Waals surface area contributed by atoms with Crippen LogP contribution in [0.5, 0.6) is 5.75 Å². The van der Waals surface area contributed by atoms with Crippen LogP contribution in [-0.2, 0) is 11.2 Å². The van der Waals surface area contributed by atoms with Crippen LogP contribution in [0.4, 0.5) is 0 Å². The Hall–Kier alpha value is -2.60. The normalized spacial score (nSPS) is 19.0. The Labute approximate surface area is 144 Å².